The Kier molecular flexibility index (Phi) is 27.6. The fraction of sp³-hybridized carbons (Fsp3) is 0.656. The van der Waals surface area contributed by atoms with Gasteiger partial charge < -0.3 is 9.30 Å². The summed E-state index contributed by atoms with van der Waals surface area (Å²) in [5.74, 6) is 0.0875. The van der Waals surface area contributed by atoms with Crippen LogP contribution in [0.3, 0.4) is 0 Å². The second-order valence-corrected chi connectivity index (χ2v) is 8.02. The summed E-state index contributed by atoms with van der Waals surface area (Å²) in [4.78, 5) is 30.0. The Labute approximate surface area is 243 Å². The van der Waals surface area contributed by atoms with Crippen LogP contribution in [0.4, 0.5) is 4.39 Å². The molecule has 2 heterocycles. The van der Waals surface area contributed by atoms with Crippen LogP contribution in [0, 0.1) is 6.92 Å². The number of nitrogens with zero attached hydrogens (tertiary/aromatic N) is 4. The van der Waals surface area contributed by atoms with E-state index in [1.54, 1.807) is 31.4 Å². The number of halogens is 1. The van der Waals surface area contributed by atoms with Crippen LogP contribution in [0.2, 0.25) is 0 Å². The molecule has 2 rings (SSSR count). The van der Waals surface area contributed by atoms with E-state index in [1.807, 2.05) is 41.5 Å². The van der Waals surface area contributed by atoms with Crippen LogP contribution < -0.4 is 11.2 Å². The quantitative estimate of drug-likeness (QED) is 0.191. The first kappa shape index (κ1) is 41.7. The molecule has 7 nitrogen and oxygen atoms in total. The minimum absolute atomic E-state index is 0.121. The summed E-state index contributed by atoms with van der Waals surface area (Å²) in [6, 6.07) is 0. The van der Waals surface area contributed by atoms with E-state index in [0.29, 0.717) is 18.0 Å². The van der Waals surface area contributed by atoms with Gasteiger partial charge in [-0.05, 0) is 26.8 Å². The predicted octanol–water partition coefficient (Wildman–Crippen LogP) is 8.38. The lowest BCUT2D eigenvalue weighted by molar-refractivity contribution is 0.186. The first-order valence-corrected chi connectivity index (χ1v) is 15.2. The van der Waals surface area contributed by atoms with Gasteiger partial charge in [-0.2, -0.15) is 0 Å². The van der Waals surface area contributed by atoms with Gasteiger partial charge in [0.05, 0.1) is 19.7 Å². The number of hydrogen-bond donors (Lipinski definition) is 0. The minimum Gasteiger partial charge on any atom is -0.383 e. The lowest BCUT2D eigenvalue weighted by Gasteiger charge is -2.12. The molecule has 232 valence electrons. The van der Waals surface area contributed by atoms with Crippen LogP contribution >= 0.6 is 0 Å². The van der Waals surface area contributed by atoms with Gasteiger partial charge in [-0.15, -0.1) is 0 Å². The molecule has 0 saturated heterocycles. The van der Waals surface area contributed by atoms with Gasteiger partial charge in [-0.3, -0.25) is 13.9 Å². The largest absolute Gasteiger partial charge is 0.383 e. The minimum atomic E-state index is -0.435. The summed E-state index contributed by atoms with van der Waals surface area (Å²) in [5.41, 5.74) is 0.0917. The maximum absolute atomic E-state index is 14.3. The Morgan fingerprint density at radius 1 is 0.950 bits per heavy atom. The van der Waals surface area contributed by atoms with Crippen molar-refractivity contribution in [3.05, 3.63) is 62.9 Å². The third kappa shape index (κ3) is 13.1. The van der Waals surface area contributed by atoms with Crippen LogP contribution in [0.5, 0.6) is 0 Å². The highest BCUT2D eigenvalue weighted by molar-refractivity contribution is 5.71. The predicted molar refractivity (Wildman–Crippen MR) is 172 cm³/mol. The zero-order valence-electron chi connectivity index (χ0n) is 27.7. The van der Waals surface area contributed by atoms with Crippen molar-refractivity contribution in [3.8, 4) is 0 Å². The number of ether oxygens (including phenoxy) is 1. The maximum atomic E-state index is 14.3. The molecule has 0 aliphatic carbocycles. The topological polar surface area (TPSA) is 71.0 Å². The molecular weight excluding hydrogens is 507 g/mol. The fourth-order valence-electron chi connectivity index (χ4n) is 3.62. The van der Waals surface area contributed by atoms with E-state index in [4.69, 9.17) is 4.74 Å². The first-order valence-electron chi connectivity index (χ1n) is 15.2. The van der Waals surface area contributed by atoms with E-state index < -0.39 is 17.1 Å². The van der Waals surface area contributed by atoms with Crippen molar-refractivity contribution in [3.63, 3.8) is 0 Å². The van der Waals surface area contributed by atoms with Gasteiger partial charge in [0.15, 0.2) is 11.2 Å². The molecule has 2 aromatic rings. The average molecular weight is 567 g/mol. The molecule has 0 unspecified atom stereocenters. The summed E-state index contributed by atoms with van der Waals surface area (Å²) in [5, 5.41) is 0. The molecular formula is C32H59FN4O3. The van der Waals surface area contributed by atoms with Crippen molar-refractivity contribution in [2.45, 2.75) is 128 Å². The summed E-state index contributed by atoms with van der Waals surface area (Å²) in [6.45, 7) is 26.1. The number of fused-ring (bicyclic) bond motifs is 1. The summed E-state index contributed by atoms with van der Waals surface area (Å²) < 4.78 is 23.6. The monoisotopic (exact) mass is 566 g/mol. The lowest BCUT2D eigenvalue weighted by Crippen LogP contribution is -2.40. The van der Waals surface area contributed by atoms with Crippen LogP contribution in [0.25, 0.3) is 11.2 Å². The first-order chi connectivity index (χ1) is 19.3. The van der Waals surface area contributed by atoms with Crippen LogP contribution in [0.1, 0.15) is 107 Å². The molecule has 0 spiro atoms. The Morgan fingerprint density at radius 3 is 1.93 bits per heavy atom. The molecule has 0 amide bonds. The number of allylic oxidation sites excluding steroid dienone is 5. The summed E-state index contributed by atoms with van der Waals surface area (Å²) >= 11 is 0. The van der Waals surface area contributed by atoms with Crippen molar-refractivity contribution in [2.75, 3.05) is 13.7 Å². The molecule has 0 aliphatic heterocycles. The number of rotatable bonds is 12. The number of aromatic nitrogens is 4. The third-order valence-electron chi connectivity index (χ3n) is 5.60. The average Bonchev–Trinajstić information content (AvgIpc) is 3.31. The van der Waals surface area contributed by atoms with Gasteiger partial charge in [-0.1, -0.05) is 106 Å². The van der Waals surface area contributed by atoms with E-state index >= 15 is 0 Å². The van der Waals surface area contributed by atoms with Gasteiger partial charge >= 0.3 is 5.69 Å². The van der Waals surface area contributed by atoms with Gasteiger partial charge in [0.2, 0.25) is 0 Å². The standard InChI is InChI=1S/C19H25FN4O3.C7H16.3C2H6/c1-6-9-15(20)14(7-2)12-24-13(4)21-17-16(24)18(25)22(8-3)19(26)23(17)10-11-27-5;1-3-5-7-6-4-2;3*1-2/h6-7,9H,1,8,10-12H2,2-5H3;3-7H2,1-2H3;3*1-2H3/b14-7+,15-9+;;;;. The molecule has 0 aromatic carbocycles. The molecule has 0 bridgehead atoms. The van der Waals surface area contributed by atoms with Gasteiger partial charge in [0.1, 0.15) is 11.7 Å². The van der Waals surface area contributed by atoms with Crippen LogP contribution in [-0.4, -0.2) is 32.4 Å². The van der Waals surface area contributed by atoms with Crippen LogP contribution in [0.15, 0.2) is 45.8 Å². The van der Waals surface area contributed by atoms with E-state index in [1.165, 1.54) is 55.9 Å². The number of hydrogen-bond acceptors (Lipinski definition) is 4. The fourth-order valence-corrected chi connectivity index (χ4v) is 3.62. The molecule has 40 heavy (non-hydrogen) atoms. The van der Waals surface area contributed by atoms with Gasteiger partial charge in [0.25, 0.3) is 5.56 Å². The molecule has 0 radical (unpaired) electrons. The molecule has 0 atom stereocenters. The lowest BCUT2D eigenvalue weighted by atomic mass is 10.2. The van der Waals surface area contributed by atoms with E-state index in [2.05, 4.69) is 25.4 Å². The van der Waals surface area contributed by atoms with E-state index in [-0.39, 0.29) is 30.8 Å². The summed E-state index contributed by atoms with van der Waals surface area (Å²) in [6.07, 6.45) is 11.3. The third-order valence-corrected chi connectivity index (χ3v) is 5.60. The van der Waals surface area contributed by atoms with Gasteiger partial charge in [-0.25, -0.2) is 14.2 Å². The van der Waals surface area contributed by atoms with Crippen molar-refractivity contribution in [1.82, 2.24) is 18.7 Å². The number of imidazole rings is 1. The highest BCUT2D eigenvalue weighted by Gasteiger charge is 2.20. The van der Waals surface area contributed by atoms with Crippen molar-refractivity contribution < 1.29 is 9.13 Å². The SMILES string of the molecule is C=C/C=C(F)\C(=C\C)Cn1c(C)nc2c1c(=O)n(CC)c(=O)n2CCOC.CC.CC.CC.CCCCCCC. The maximum Gasteiger partial charge on any atom is 0.332 e. The van der Waals surface area contributed by atoms with E-state index in [9.17, 15) is 14.0 Å². The number of aryl methyl sites for hydroxylation is 1. The number of methoxy groups -OCH3 is 1. The van der Waals surface area contributed by atoms with Crippen LogP contribution in [-0.2, 0) is 24.4 Å². The highest BCUT2D eigenvalue weighted by Crippen LogP contribution is 2.19. The zero-order valence-corrected chi connectivity index (χ0v) is 27.7. The Morgan fingerprint density at radius 2 is 1.50 bits per heavy atom. The van der Waals surface area contributed by atoms with Gasteiger partial charge in [0, 0.05) is 19.2 Å². The molecule has 0 aliphatic rings. The Balaban J connectivity index is -0.000000893. The molecule has 0 saturated carbocycles. The molecule has 0 fully saturated rings. The molecule has 0 N–H and O–H groups in total. The van der Waals surface area contributed by atoms with E-state index in [0.717, 1.165) is 4.57 Å². The number of unbranched alkanes of at least 4 members (excludes halogenated alkanes) is 4. The smallest absolute Gasteiger partial charge is 0.332 e. The summed E-state index contributed by atoms with van der Waals surface area (Å²) in [7, 11) is 1.54. The highest BCUT2D eigenvalue weighted by atomic mass is 19.1. The normalized spacial score (nSPS) is 10.7. The van der Waals surface area contributed by atoms with Crippen molar-refractivity contribution >= 4 is 11.2 Å². The molecule has 8 heteroatoms. The Hall–Kier alpha value is -2.74. The molecule has 2 aromatic heterocycles. The second kappa shape index (κ2) is 26.5. The van der Waals surface area contributed by atoms with Crippen molar-refractivity contribution in [1.29, 1.82) is 0 Å². The zero-order chi connectivity index (χ0) is 31.7. The Bertz CT molecular complexity index is 1100. The van der Waals surface area contributed by atoms with Crippen molar-refractivity contribution in [2.24, 2.45) is 0 Å². The second-order valence-electron chi connectivity index (χ2n) is 8.02.